The molecule has 4 nitrogen and oxygen atoms in total. The van der Waals surface area contributed by atoms with Gasteiger partial charge in [0.15, 0.2) is 8.32 Å². The van der Waals surface area contributed by atoms with Crippen LogP contribution in [0.15, 0.2) is 24.3 Å². The third-order valence-electron chi connectivity index (χ3n) is 9.06. The smallest absolute Gasteiger partial charge is 0.410 e. The van der Waals surface area contributed by atoms with Gasteiger partial charge in [-0.1, -0.05) is 60.6 Å². The van der Waals surface area contributed by atoms with Crippen LogP contribution >= 0.6 is 0 Å². The first-order valence-corrected chi connectivity index (χ1v) is 17.7. The monoisotopic (exact) mass is 607 g/mol. The van der Waals surface area contributed by atoms with Crippen molar-refractivity contribution in [3.05, 3.63) is 69.3 Å². The molecule has 0 saturated heterocycles. The zero-order chi connectivity index (χ0) is 31.4. The fourth-order valence-corrected chi connectivity index (χ4v) is 7.09. The van der Waals surface area contributed by atoms with Crippen LogP contribution in [0.4, 0.5) is 17.6 Å². The molecule has 1 aromatic heterocycles. The zero-order valence-corrected chi connectivity index (χ0v) is 27.3. The van der Waals surface area contributed by atoms with E-state index in [0.717, 1.165) is 40.9 Å². The predicted octanol–water partition coefficient (Wildman–Crippen LogP) is 9.28. The van der Waals surface area contributed by atoms with E-state index in [1.54, 1.807) is 0 Å². The Bertz CT molecular complexity index is 1360. The van der Waals surface area contributed by atoms with E-state index in [4.69, 9.17) is 14.1 Å². The van der Waals surface area contributed by atoms with Crippen molar-refractivity contribution in [3.63, 3.8) is 0 Å². The Morgan fingerprint density at radius 2 is 1.81 bits per heavy atom. The van der Waals surface area contributed by atoms with Crippen molar-refractivity contribution in [2.75, 3.05) is 13.2 Å². The number of fused-ring (bicyclic) bond motifs is 1. The zero-order valence-electron chi connectivity index (χ0n) is 26.3. The minimum absolute atomic E-state index is 0.0517. The van der Waals surface area contributed by atoms with Gasteiger partial charge in [-0.25, -0.2) is 4.39 Å². The third kappa shape index (κ3) is 6.54. The molecule has 0 bridgehead atoms. The highest BCUT2D eigenvalue weighted by Gasteiger charge is 2.45. The van der Waals surface area contributed by atoms with Gasteiger partial charge in [0, 0.05) is 28.1 Å². The molecule has 2 atom stereocenters. The Balaban J connectivity index is 2.04. The van der Waals surface area contributed by atoms with Crippen LogP contribution < -0.4 is 0 Å². The molecule has 232 valence electrons. The number of ether oxygens (including phenoxy) is 1. The van der Waals surface area contributed by atoms with Crippen molar-refractivity contribution in [3.8, 4) is 0 Å². The molecule has 4 rings (SSSR count). The summed E-state index contributed by atoms with van der Waals surface area (Å²) in [6.07, 6.45) is -2.49. The predicted molar refractivity (Wildman–Crippen MR) is 160 cm³/mol. The van der Waals surface area contributed by atoms with Gasteiger partial charge in [0.1, 0.15) is 11.9 Å². The molecule has 1 aliphatic heterocycles. The van der Waals surface area contributed by atoms with Gasteiger partial charge < -0.3 is 14.3 Å². The number of alkyl halides is 3. The molecule has 0 fully saturated rings. The highest BCUT2D eigenvalue weighted by molar-refractivity contribution is 6.74. The minimum atomic E-state index is -4.69. The molecule has 2 aromatic rings. The quantitative estimate of drug-likeness (QED) is 0.263. The average Bonchev–Trinajstić information content (AvgIpc) is 2.85. The Morgan fingerprint density at radius 3 is 2.33 bits per heavy atom. The molecule has 1 aromatic carbocycles. The summed E-state index contributed by atoms with van der Waals surface area (Å²) < 4.78 is 68.1. The van der Waals surface area contributed by atoms with Crippen molar-refractivity contribution in [2.45, 2.75) is 110 Å². The number of benzene rings is 1. The summed E-state index contributed by atoms with van der Waals surface area (Å²) in [5.74, 6) is -1.24. The van der Waals surface area contributed by atoms with Crippen molar-refractivity contribution in [2.24, 2.45) is 5.41 Å². The van der Waals surface area contributed by atoms with Gasteiger partial charge in [0.2, 0.25) is 0 Å². The van der Waals surface area contributed by atoms with E-state index in [1.807, 2.05) is 19.9 Å². The van der Waals surface area contributed by atoms with Gasteiger partial charge >= 0.3 is 6.18 Å². The van der Waals surface area contributed by atoms with Crippen LogP contribution in [0.25, 0.3) is 5.57 Å². The Morgan fingerprint density at radius 1 is 1.14 bits per heavy atom. The second-order valence-electron chi connectivity index (χ2n) is 14.4. The van der Waals surface area contributed by atoms with Crippen LogP contribution in [-0.2, 0) is 21.8 Å². The van der Waals surface area contributed by atoms with Crippen molar-refractivity contribution >= 4 is 13.9 Å². The lowest BCUT2D eigenvalue weighted by Crippen LogP contribution is -2.44. The number of hydrogen-bond donors (Lipinski definition) is 1. The summed E-state index contributed by atoms with van der Waals surface area (Å²) in [7, 11) is -2.27. The van der Waals surface area contributed by atoms with Gasteiger partial charge in [-0.3, -0.25) is 4.98 Å². The van der Waals surface area contributed by atoms with Crippen LogP contribution in [0.2, 0.25) is 18.1 Å². The van der Waals surface area contributed by atoms with Crippen molar-refractivity contribution < 1.29 is 31.8 Å². The lowest BCUT2D eigenvalue weighted by Gasteiger charge is -2.45. The normalized spacial score (nSPS) is 20.4. The van der Waals surface area contributed by atoms with Gasteiger partial charge in [0.25, 0.3) is 0 Å². The number of nitrogens with zero attached hydrogens (tertiary/aromatic N) is 1. The molecule has 1 N–H and O–H groups in total. The van der Waals surface area contributed by atoms with Gasteiger partial charge in [0.05, 0.1) is 24.9 Å². The number of hydrogen-bond acceptors (Lipinski definition) is 4. The Labute approximate surface area is 248 Å². The lowest BCUT2D eigenvalue weighted by molar-refractivity contribution is -0.137. The van der Waals surface area contributed by atoms with Crippen molar-refractivity contribution in [1.82, 2.24) is 4.98 Å². The lowest BCUT2D eigenvalue weighted by atomic mass is 9.71. The van der Waals surface area contributed by atoms with Crippen LogP contribution in [-0.4, -0.2) is 31.6 Å². The third-order valence-corrected chi connectivity index (χ3v) is 13.5. The van der Waals surface area contributed by atoms with Gasteiger partial charge in [-0.05, 0) is 72.0 Å². The highest BCUT2D eigenvalue weighted by Crippen LogP contribution is 2.52. The summed E-state index contributed by atoms with van der Waals surface area (Å²) in [5.41, 5.74) is 3.24. The summed E-state index contributed by atoms with van der Waals surface area (Å²) in [4.78, 5) is 5.15. The first kappa shape index (κ1) is 32.8. The topological polar surface area (TPSA) is 51.6 Å². The van der Waals surface area contributed by atoms with Crippen molar-refractivity contribution in [1.29, 1.82) is 0 Å². The molecule has 1 aliphatic carbocycles. The van der Waals surface area contributed by atoms with Crippen LogP contribution in [0.5, 0.6) is 0 Å². The van der Waals surface area contributed by atoms with E-state index in [1.165, 1.54) is 0 Å². The molecule has 0 spiro atoms. The molecular formula is C33H45F4NO3Si. The molecule has 42 heavy (non-hydrogen) atoms. The maximum absolute atomic E-state index is 15.4. The molecule has 9 heteroatoms. The molecule has 0 saturated carbocycles. The van der Waals surface area contributed by atoms with Crippen LogP contribution in [0.1, 0.15) is 119 Å². The summed E-state index contributed by atoms with van der Waals surface area (Å²) in [6.45, 7) is 20.2. The number of rotatable bonds is 6. The largest absolute Gasteiger partial charge is 0.416 e. The molecular weight excluding hydrogens is 562 g/mol. The van der Waals surface area contributed by atoms with Gasteiger partial charge in [-0.15, -0.1) is 0 Å². The first-order valence-electron chi connectivity index (χ1n) is 14.8. The standard InChI is InChI=1S/C33H45F4NO3Si/c1-19(2)29-28(30(39)22-11-10-21(16-23(22)34)33(35,36)37)26(20-12-14-40-15-13-20)27-24(38-29)17-32(6,7)18-25(27)41-42(8,9)31(3,4)5/h10-12,16,19,25,30,39H,13-15,17-18H2,1-9H3/t25-,30+/m0/s1. The van der Waals surface area contributed by atoms with E-state index in [2.05, 4.69) is 47.7 Å². The minimum Gasteiger partial charge on any atom is -0.410 e. The fourth-order valence-electron chi connectivity index (χ4n) is 5.82. The summed E-state index contributed by atoms with van der Waals surface area (Å²) in [6, 6.07) is 2.32. The molecule has 0 radical (unpaired) electrons. The maximum Gasteiger partial charge on any atom is 0.416 e. The SMILES string of the molecule is CC(C)c1nc2c(c(C3=CCOCC3)c1[C@H](O)c1ccc(C(F)(F)F)cc1F)[C@@H](O[Si](C)(C)C(C)(C)C)CC(C)(C)C2. The van der Waals surface area contributed by atoms with E-state index in [-0.39, 0.29) is 28.0 Å². The number of halogens is 4. The maximum atomic E-state index is 15.4. The first-order chi connectivity index (χ1) is 19.2. The van der Waals surface area contributed by atoms with Crippen LogP contribution in [0.3, 0.4) is 0 Å². The van der Waals surface area contributed by atoms with E-state index >= 15 is 4.39 Å². The molecule has 2 heterocycles. The second kappa shape index (κ2) is 11.5. The number of pyridine rings is 1. The van der Waals surface area contributed by atoms with Gasteiger partial charge in [-0.2, -0.15) is 13.2 Å². The summed E-state index contributed by atoms with van der Waals surface area (Å²) in [5, 5.41) is 11.9. The molecule has 0 unspecified atom stereocenters. The number of aromatic nitrogens is 1. The Hall–Kier alpha value is -2.07. The second-order valence-corrected chi connectivity index (χ2v) is 19.2. The average molecular weight is 608 g/mol. The highest BCUT2D eigenvalue weighted by atomic mass is 28.4. The van der Waals surface area contributed by atoms with Crippen LogP contribution in [0, 0.1) is 11.2 Å². The Kier molecular flexibility index (Phi) is 8.95. The van der Waals surface area contributed by atoms with E-state index in [9.17, 15) is 18.3 Å². The number of aliphatic hydroxyl groups is 1. The van der Waals surface area contributed by atoms with E-state index in [0.29, 0.717) is 43.4 Å². The molecule has 2 aliphatic rings. The summed E-state index contributed by atoms with van der Waals surface area (Å²) >= 11 is 0. The van der Waals surface area contributed by atoms with E-state index < -0.39 is 32.0 Å². The fraction of sp³-hybridized carbons (Fsp3) is 0.606. The number of aliphatic hydroxyl groups excluding tert-OH is 1. The molecule has 0 amide bonds.